The molecule has 0 radical (unpaired) electrons. The summed E-state index contributed by atoms with van der Waals surface area (Å²) in [5, 5.41) is 5.45. The molecule has 18 heavy (non-hydrogen) atoms. The van der Waals surface area contributed by atoms with Crippen LogP contribution in [0.15, 0.2) is 0 Å². The van der Waals surface area contributed by atoms with Crippen LogP contribution in [0, 0.1) is 5.92 Å². The summed E-state index contributed by atoms with van der Waals surface area (Å²) in [5.41, 5.74) is -0.474. The molecule has 102 valence electrons. The number of hydrogen-bond donors (Lipinski definition) is 2. The molecule has 0 spiro atoms. The van der Waals surface area contributed by atoms with E-state index in [1.165, 1.54) is 0 Å². The molecule has 2 aliphatic rings. The third-order valence-corrected chi connectivity index (χ3v) is 3.13. The predicted molar refractivity (Wildman–Crippen MR) is 64.2 cm³/mol. The first-order valence-electron chi connectivity index (χ1n) is 6.27. The van der Waals surface area contributed by atoms with E-state index in [1.54, 1.807) is 0 Å². The van der Waals surface area contributed by atoms with Gasteiger partial charge in [0.25, 0.3) is 0 Å². The van der Waals surface area contributed by atoms with Crippen LogP contribution in [0.4, 0.5) is 9.59 Å². The zero-order valence-corrected chi connectivity index (χ0v) is 11.0. The molecule has 1 saturated carbocycles. The highest BCUT2D eigenvalue weighted by Gasteiger charge is 2.40. The minimum absolute atomic E-state index is 0.0470. The quantitative estimate of drug-likeness (QED) is 0.783. The minimum Gasteiger partial charge on any atom is -0.444 e. The molecule has 0 aromatic heterocycles. The highest BCUT2D eigenvalue weighted by atomic mass is 16.6. The van der Waals surface area contributed by atoms with Crippen LogP contribution < -0.4 is 10.6 Å². The maximum absolute atomic E-state index is 11.5. The van der Waals surface area contributed by atoms with Gasteiger partial charge in [0.1, 0.15) is 11.7 Å². The molecule has 2 N–H and O–H groups in total. The van der Waals surface area contributed by atoms with E-state index in [-0.39, 0.29) is 24.3 Å². The first-order chi connectivity index (χ1) is 8.33. The van der Waals surface area contributed by atoms with Gasteiger partial charge in [-0.15, -0.1) is 0 Å². The largest absolute Gasteiger partial charge is 0.444 e. The second-order valence-corrected chi connectivity index (χ2v) is 5.90. The van der Waals surface area contributed by atoms with Gasteiger partial charge in [-0.05, 0) is 33.6 Å². The van der Waals surface area contributed by atoms with E-state index in [0.717, 1.165) is 12.8 Å². The van der Waals surface area contributed by atoms with E-state index < -0.39 is 5.60 Å². The van der Waals surface area contributed by atoms with Crippen LogP contribution in [0.2, 0.25) is 0 Å². The molecule has 1 saturated heterocycles. The standard InChI is InChI=1S/C12H20N2O4/c1-12(2,3)18-11(16)14-8-4-7(5-8)9-6-13-10(15)17-9/h7-9H,4-6H2,1-3H3,(H,13,15)(H,14,16). The number of carbonyl (C=O) groups excluding carboxylic acids is 2. The predicted octanol–water partition coefficient (Wildman–Crippen LogP) is 1.40. The molecule has 2 amide bonds. The fourth-order valence-electron chi connectivity index (χ4n) is 2.23. The van der Waals surface area contributed by atoms with Crippen molar-refractivity contribution in [2.45, 2.75) is 51.4 Å². The molecule has 2 rings (SSSR count). The van der Waals surface area contributed by atoms with Crippen LogP contribution >= 0.6 is 0 Å². The molecular weight excluding hydrogens is 236 g/mol. The van der Waals surface area contributed by atoms with E-state index in [9.17, 15) is 9.59 Å². The fraction of sp³-hybridized carbons (Fsp3) is 0.833. The smallest absolute Gasteiger partial charge is 0.407 e. The average Bonchev–Trinajstić information content (AvgIpc) is 2.54. The summed E-state index contributed by atoms with van der Waals surface area (Å²) in [4.78, 5) is 22.4. The molecule has 0 bridgehead atoms. The molecular formula is C12H20N2O4. The highest BCUT2D eigenvalue weighted by Crippen LogP contribution is 2.33. The number of cyclic esters (lactones) is 1. The molecule has 2 fully saturated rings. The summed E-state index contributed by atoms with van der Waals surface area (Å²) in [6.07, 6.45) is 0.891. The Bertz CT molecular complexity index is 344. The molecule has 6 nitrogen and oxygen atoms in total. The molecule has 1 unspecified atom stereocenters. The van der Waals surface area contributed by atoms with Crippen LogP contribution in [-0.4, -0.2) is 36.5 Å². The average molecular weight is 256 g/mol. The summed E-state index contributed by atoms with van der Waals surface area (Å²) >= 11 is 0. The number of carbonyl (C=O) groups is 2. The van der Waals surface area contributed by atoms with Crippen LogP contribution in [0.3, 0.4) is 0 Å². The van der Waals surface area contributed by atoms with Gasteiger partial charge >= 0.3 is 12.2 Å². The molecule has 0 aromatic rings. The monoisotopic (exact) mass is 256 g/mol. The SMILES string of the molecule is CC(C)(C)OC(=O)NC1CC(C2CNC(=O)O2)C1. The van der Waals surface area contributed by atoms with E-state index in [2.05, 4.69) is 10.6 Å². The molecule has 6 heteroatoms. The van der Waals surface area contributed by atoms with Crippen molar-refractivity contribution < 1.29 is 19.1 Å². The topological polar surface area (TPSA) is 76.7 Å². The second-order valence-electron chi connectivity index (χ2n) is 5.90. The molecule has 1 aliphatic carbocycles. The van der Waals surface area contributed by atoms with Gasteiger partial charge in [0.2, 0.25) is 0 Å². The van der Waals surface area contributed by atoms with Gasteiger partial charge in [-0.2, -0.15) is 0 Å². The van der Waals surface area contributed by atoms with Crippen LogP contribution in [0.25, 0.3) is 0 Å². The fourth-order valence-corrected chi connectivity index (χ4v) is 2.23. The Morgan fingerprint density at radius 3 is 2.61 bits per heavy atom. The lowest BCUT2D eigenvalue weighted by molar-refractivity contribution is 0.0298. The maximum Gasteiger partial charge on any atom is 0.407 e. The van der Waals surface area contributed by atoms with Gasteiger partial charge in [-0.3, -0.25) is 0 Å². The Balaban J connectivity index is 1.67. The highest BCUT2D eigenvalue weighted by molar-refractivity contribution is 5.69. The van der Waals surface area contributed by atoms with Gasteiger partial charge in [-0.1, -0.05) is 0 Å². The van der Waals surface area contributed by atoms with Crippen molar-refractivity contribution in [2.75, 3.05) is 6.54 Å². The Labute approximate surface area is 106 Å². The van der Waals surface area contributed by atoms with Gasteiger partial charge < -0.3 is 20.1 Å². The Morgan fingerprint density at radius 1 is 1.44 bits per heavy atom. The van der Waals surface area contributed by atoms with E-state index in [0.29, 0.717) is 12.5 Å². The summed E-state index contributed by atoms with van der Waals surface area (Å²) in [6, 6.07) is 0.129. The minimum atomic E-state index is -0.474. The first kappa shape index (κ1) is 13.0. The molecule has 1 atom stereocenters. The Hall–Kier alpha value is -1.46. The van der Waals surface area contributed by atoms with Gasteiger partial charge in [0, 0.05) is 12.0 Å². The number of nitrogens with one attached hydrogen (secondary N) is 2. The Morgan fingerprint density at radius 2 is 2.11 bits per heavy atom. The third kappa shape index (κ3) is 3.27. The Kier molecular flexibility index (Phi) is 3.36. The van der Waals surface area contributed by atoms with Crippen LogP contribution in [0.5, 0.6) is 0 Å². The zero-order valence-electron chi connectivity index (χ0n) is 11.0. The lowest BCUT2D eigenvalue weighted by atomic mass is 9.77. The van der Waals surface area contributed by atoms with Crippen molar-refractivity contribution in [3.63, 3.8) is 0 Å². The second kappa shape index (κ2) is 4.66. The van der Waals surface area contributed by atoms with Crippen molar-refractivity contribution in [3.8, 4) is 0 Å². The van der Waals surface area contributed by atoms with Gasteiger partial charge in [0.15, 0.2) is 0 Å². The normalized spacial score (nSPS) is 31.1. The summed E-state index contributed by atoms with van der Waals surface area (Å²) in [7, 11) is 0. The number of amides is 2. The summed E-state index contributed by atoms with van der Waals surface area (Å²) < 4.78 is 10.3. The zero-order chi connectivity index (χ0) is 13.3. The van der Waals surface area contributed by atoms with Crippen molar-refractivity contribution in [3.05, 3.63) is 0 Å². The summed E-state index contributed by atoms with van der Waals surface area (Å²) in [6.45, 7) is 6.07. The number of hydrogen-bond acceptors (Lipinski definition) is 4. The maximum atomic E-state index is 11.5. The molecule has 0 aromatic carbocycles. The van der Waals surface area contributed by atoms with Crippen LogP contribution in [-0.2, 0) is 9.47 Å². The molecule has 1 aliphatic heterocycles. The van der Waals surface area contributed by atoms with E-state index in [4.69, 9.17) is 9.47 Å². The van der Waals surface area contributed by atoms with Crippen LogP contribution in [0.1, 0.15) is 33.6 Å². The number of ether oxygens (including phenoxy) is 2. The number of alkyl carbamates (subject to hydrolysis) is 2. The van der Waals surface area contributed by atoms with Crippen molar-refractivity contribution >= 4 is 12.2 Å². The van der Waals surface area contributed by atoms with Gasteiger partial charge in [0.05, 0.1) is 6.54 Å². The lowest BCUT2D eigenvalue weighted by Crippen LogP contribution is -2.49. The van der Waals surface area contributed by atoms with Gasteiger partial charge in [-0.25, -0.2) is 9.59 Å². The third-order valence-electron chi connectivity index (χ3n) is 3.13. The summed E-state index contributed by atoms with van der Waals surface area (Å²) in [5.74, 6) is 0.337. The van der Waals surface area contributed by atoms with Crippen molar-refractivity contribution in [1.29, 1.82) is 0 Å². The van der Waals surface area contributed by atoms with E-state index in [1.807, 2.05) is 20.8 Å². The van der Waals surface area contributed by atoms with E-state index >= 15 is 0 Å². The van der Waals surface area contributed by atoms with Crippen molar-refractivity contribution in [2.24, 2.45) is 5.92 Å². The lowest BCUT2D eigenvalue weighted by Gasteiger charge is -2.38. The molecule has 1 heterocycles. The first-order valence-corrected chi connectivity index (χ1v) is 6.27. The van der Waals surface area contributed by atoms with Crippen molar-refractivity contribution in [1.82, 2.24) is 10.6 Å². The number of rotatable bonds is 2.